The van der Waals surface area contributed by atoms with Gasteiger partial charge in [-0.05, 0) is 49.6 Å². The van der Waals surface area contributed by atoms with Gasteiger partial charge in [-0.3, -0.25) is 9.59 Å². The van der Waals surface area contributed by atoms with Crippen LogP contribution in [0.4, 0.5) is 4.39 Å². The van der Waals surface area contributed by atoms with Gasteiger partial charge in [0.05, 0.1) is 0 Å². The molecule has 2 aromatic carbocycles. The standard InChI is InChI=1S/C24H31FN2O3/c1-4-6-14-26-24(29)22(5-2)27(16-19-9-7-8-18(3)15-19)23(28)17-30-21-12-10-20(25)11-13-21/h7-13,15,22H,4-6,14,16-17H2,1-3H3,(H,26,29)/t22-/m0/s1. The number of nitrogens with one attached hydrogen (secondary N) is 1. The van der Waals surface area contributed by atoms with Gasteiger partial charge in [0.15, 0.2) is 6.61 Å². The number of halogens is 1. The van der Waals surface area contributed by atoms with Crippen LogP contribution in [0.5, 0.6) is 5.75 Å². The summed E-state index contributed by atoms with van der Waals surface area (Å²) in [7, 11) is 0. The molecule has 2 aromatic rings. The lowest BCUT2D eigenvalue weighted by Gasteiger charge is -2.30. The third-order valence-electron chi connectivity index (χ3n) is 4.83. The molecule has 0 fully saturated rings. The normalized spacial score (nSPS) is 11.6. The zero-order chi connectivity index (χ0) is 21.9. The molecule has 0 unspecified atom stereocenters. The molecule has 0 bridgehead atoms. The van der Waals surface area contributed by atoms with E-state index in [9.17, 15) is 14.0 Å². The van der Waals surface area contributed by atoms with Crippen molar-refractivity contribution in [1.82, 2.24) is 10.2 Å². The molecule has 1 N–H and O–H groups in total. The average Bonchev–Trinajstić information content (AvgIpc) is 2.73. The largest absolute Gasteiger partial charge is 0.484 e. The average molecular weight is 415 g/mol. The number of unbranched alkanes of at least 4 members (excludes halogenated alkanes) is 1. The number of hydrogen-bond donors (Lipinski definition) is 1. The fraction of sp³-hybridized carbons (Fsp3) is 0.417. The van der Waals surface area contributed by atoms with Gasteiger partial charge in [-0.2, -0.15) is 0 Å². The third-order valence-corrected chi connectivity index (χ3v) is 4.83. The quantitative estimate of drug-likeness (QED) is 0.560. The molecule has 0 aromatic heterocycles. The number of aryl methyl sites for hydroxylation is 1. The maximum atomic E-state index is 13.1. The molecule has 6 heteroatoms. The van der Waals surface area contributed by atoms with Crippen LogP contribution in [-0.4, -0.2) is 35.9 Å². The summed E-state index contributed by atoms with van der Waals surface area (Å²) in [5.74, 6) is -0.419. The summed E-state index contributed by atoms with van der Waals surface area (Å²) in [4.78, 5) is 27.4. The van der Waals surface area contributed by atoms with E-state index in [1.165, 1.54) is 24.3 Å². The Bertz CT molecular complexity index is 823. The number of benzene rings is 2. The second-order valence-electron chi connectivity index (χ2n) is 7.32. The van der Waals surface area contributed by atoms with Crippen LogP contribution >= 0.6 is 0 Å². The summed E-state index contributed by atoms with van der Waals surface area (Å²) in [6.45, 7) is 6.61. The van der Waals surface area contributed by atoms with Crippen LogP contribution in [0, 0.1) is 12.7 Å². The van der Waals surface area contributed by atoms with Crippen molar-refractivity contribution >= 4 is 11.8 Å². The first-order chi connectivity index (χ1) is 14.4. The van der Waals surface area contributed by atoms with Gasteiger partial charge in [0.2, 0.25) is 5.91 Å². The van der Waals surface area contributed by atoms with Crippen molar-refractivity contribution < 1.29 is 18.7 Å². The molecule has 0 saturated carbocycles. The second-order valence-corrected chi connectivity index (χ2v) is 7.32. The lowest BCUT2D eigenvalue weighted by atomic mass is 10.1. The van der Waals surface area contributed by atoms with Crippen molar-refractivity contribution in [3.8, 4) is 5.75 Å². The summed E-state index contributed by atoms with van der Waals surface area (Å²) >= 11 is 0. The van der Waals surface area contributed by atoms with Crippen LogP contribution in [0.1, 0.15) is 44.2 Å². The summed E-state index contributed by atoms with van der Waals surface area (Å²) in [6.07, 6.45) is 2.36. The SMILES string of the molecule is CCCCNC(=O)[C@H](CC)N(Cc1cccc(C)c1)C(=O)COc1ccc(F)cc1. The Morgan fingerprint density at radius 3 is 2.50 bits per heavy atom. The summed E-state index contributed by atoms with van der Waals surface area (Å²) in [6, 6.07) is 12.8. The third kappa shape index (κ3) is 7.17. The number of hydrogen-bond acceptors (Lipinski definition) is 3. The van der Waals surface area contributed by atoms with Gasteiger partial charge >= 0.3 is 0 Å². The Morgan fingerprint density at radius 1 is 1.13 bits per heavy atom. The number of amides is 2. The highest BCUT2D eigenvalue weighted by Gasteiger charge is 2.28. The van der Waals surface area contributed by atoms with Crippen molar-refractivity contribution in [1.29, 1.82) is 0 Å². The van der Waals surface area contributed by atoms with Crippen molar-refractivity contribution in [2.45, 2.75) is 52.6 Å². The molecule has 0 spiro atoms. The van der Waals surface area contributed by atoms with Crippen LogP contribution in [-0.2, 0) is 16.1 Å². The van der Waals surface area contributed by atoms with E-state index in [0.29, 0.717) is 25.3 Å². The lowest BCUT2D eigenvalue weighted by molar-refractivity contribution is -0.143. The molecular formula is C24H31FN2O3. The summed E-state index contributed by atoms with van der Waals surface area (Å²) in [5.41, 5.74) is 2.04. The van der Waals surface area contributed by atoms with Crippen LogP contribution in [0.3, 0.4) is 0 Å². The highest BCUT2D eigenvalue weighted by molar-refractivity contribution is 5.88. The smallest absolute Gasteiger partial charge is 0.261 e. The molecule has 0 radical (unpaired) electrons. The van der Waals surface area contributed by atoms with Gasteiger partial charge in [0.1, 0.15) is 17.6 Å². The van der Waals surface area contributed by atoms with E-state index >= 15 is 0 Å². The van der Waals surface area contributed by atoms with Gasteiger partial charge in [-0.25, -0.2) is 4.39 Å². The molecule has 0 aliphatic carbocycles. The first kappa shape index (κ1) is 23.4. The molecular weight excluding hydrogens is 383 g/mol. The van der Waals surface area contributed by atoms with E-state index in [4.69, 9.17) is 4.74 Å². The van der Waals surface area contributed by atoms with Crippen LogP contribution in [0.2, 0.25) is 0 Å². The minimum absolute atomic E-state index is 0.159. The Balaban J connectivity index is 2.16. The Morgan fingerprint density at radius 2 is 1.87 bits per heavy atom. The number of nitrogens with zero attached hydrogens (tertiary/aromatic N) is 1. The van der Waals surface area contributed by atoms with Gasteiger partial charge in [0, 0.05) is 13.1 Å². The monoisotopic (exact) mass is 414 g/mol. The van der Waals surface area contributed by atoms with Crippen molar-refractivity contribution in [2.75, 3.05) is 13.2 Å². The molecule has 0 aliphatic heterocycles. The van der Waals surface area contributed by atoms with E-state index in [0.717, 1.165) is 24.0 Å². The van der Waals surface area contributed by atoms with Crippen LogP contribution in [0.15, 0.2) is 48.5 Å². The van der Waals surface area contributed by atoms with E-state index in [1.54, 1.807) is 4.90 Å². The molecule has 30 heavy (non-hydrogen) atoms. The predicted molar refractivity (Wildman–Crippen MR) is 116 cm³/mol. The molecule has 5 nitrogen and oxygen atoms in total. The zero-order valence-corrected chi connectivity index (χ0v) is 18.0. The Labute approximate surface area is 178 Å². The number of rotatable bonds is 11. The maximum absolute atomic E-state index is 13.1. The molecule has 162 valence electrons. The minimum atomic E-state index is -0.591. The summed E-state index contributed by atoms with van der Waals surface area (Å²) < 4.78 is 18.6. The lowest BCUT2D eigenvalue weighted by Crippen LogP contribution is -2.50. The van der Waals surface area contributed by atoms with Gasteiger partial charge in [0.25, 0.3) is 5.91 Å². The summed E-state index contributed by atoms with van der Waals surface area (Å²) in [5, 5.41) is 2.93. The number of carbonyl (C=O) groups excluding carboxylic acids is 2. The van der Waals surface area contributed by atoms with E-state index in [-0.39, 0.29) is 24.2 Å². The predicted octanol–water partition coefficient (Wildman–Crippen LogP) is 4.24. The van der Waals surface area contributed by atoms with Crippen molar-refractivity contribution in [3.63, 3.8) is 0 Å². The Kier molecular flexibility index (Phi) is 9.32. The first-order valence-corrected chi connectivity index (χ1v) is 10.5. The van der Waals surface area contributed by atoms with Crippen molar-refractivity contribution in [2.24, 2.45) is 0 Å². The highest BCUT2D eigenvalue weighted by atomic mass is 19.1. The molecule has 2 rings (SSSR count). The molecule has 0 heterocycles. The molecule has 1 atom stereocenters. The van der Waals surface area contributed by atoms with Crippen LogP contribution < -0.4 is 10.1 Å². The van der Waals surface area contributed by atoms with Crippen LogP contribution in [0.25, 0.3) is 0 Å². The number of carbonyl (C=O) groups is 2. The molecule has 2 amide bonds. The Hall–Kier alpha value is -2.89. The number of ether oxygens (including phenoxy) is 1. The topological polar surface area (TPSA) is 58.6 Å². The molecule has 0 aliphatic rings. The maximum Gasteiger partial charge on any atom is 0.261 e. The van der Waals surface area contributed by atoms with E-state index < -0.39 is 6.04 Å². The zero-order valence-electron chi connectivity index (χ0n) is 18.0. The van der Waals surface area contributed by atoms with Gasteiger partial charge < -0.3 is 15.0 Å². The van der Waals surface area contributed by atoms with Gasteiger partial charge in [-0.1, -0.05) is 50.1 Å². The van der Waals surface area contributed by atoms with E-state index in [1.807, 2.05) is 38.1 Å². The first-order valence-electron chi connectivity index (χ1n) is 10.5. The second kappa shape index (κ2) is 12.0. The fourth-order valence-electron chi connectivity index (χ4n) is 3.19. The van der Waals surface area contributed by atoms with Crippen molar-refractivity contribution in [3.05, 3.63) is 65.5 Å². The van der Waals surface area contributed by atoms with E-state index in [2.05, 4.69) is 12.2 Å². The van der Waals surface area contributed by atoms with Gasteiger partial charge in [-0.15, -0.1) is 0 Å². The minimum Gasteiger partial charge on any atom is -0.484 e. The fourth-order valence-corrected chi connectivity index (χ4v) is 3.19. The highest BCUT2D eigenvalue weighted by Crippen LogP contribution is 2.16. The molecule has 0 saturated heterocycles.